The zero-order chi connectivity index (χ0) is 10.1. The molecule has 14 heavy (non-hydrogen) atoms. The molecule has 2 N–H and O–H groups in total. The SMILES string of the molecule is CNC(=O)C(CCOO)SOO[O-].[Na+]. The van der Waals surface area contributed by atoms with Crippen molar-refractivity contribution in [1.29, 1.82) is 0 Å². The third-order valence-corrected chi connectivity index (χ3v) is 2.01. The number of amides is 1. The van der Waals surface area contributed by atoms with Crippen molar-refractivity contribution in [1.82, 2.24) is 5.32 Å². The molecule has 0 aromatic rings. The minimum atomic E-state index is -0.661. The summed E-state index contributed by atoms with van der Waals surface area (Å²) >= 11 is 0.556. The Morgan fingerprint density at radius 1 is 1.71 bits per heavy atom. The standard InChI is InChI=1S/C5H11NO6S.Na/c1-6-5(7)4(2-3-10-8)13-12-11-9;/h4,8-9H,2-3H2,1H3,(H,6,7);/q;+1/p-1. The molecule has 0 heterocycles. The Hall–Kier alpha value is 0.620. The molecule has 0 bridgehead atoms. The molecule has 78 valence electrons. The summed E-state index contributed by atoms with van der Waals surface area (Å²) in [5.41, 5.74) is 0. The van der Waals surface area contributed by atoms with Gasteiger partial charge >= 0.3 is 29.6 Å². The van der Waals surface area contributed by atoms with Gasteiger partial charge in [-0.05, 0) is 6.42 Å². The molecule has 9 heteroatoms. The molecule has 0 aromatic carbocycles. The Balaban J connectivity index is 0. The molecule has 1 unspecified atom stereocenters. The van der Waals surface area contributed by atoms with Crippen molar-refractivity contribution >= 4 is 17.9 Å². The summed E-state index contributed by atoms with van der Waals surface area (Å²) in [6.45, 7) is -0.0344. The van der Waals surface area contributed by atoms with Crippen molar-refractivity contribution in [3.8, 4) is 0 Å². The van der Waals surface area contributed by atoms with Crippen LogP contribution < -0.4 is 40.1 Å². The number of hydrogen-bond acceptors (Lipinski definition) is 7. The van der Waals surface area contributed by atoms with Gasteiger partial charge in [0.1, 0.15) is 5.25 Å². The Bertz CT molecular complexity index is 142. The van der Waals surface area contributed by atoms with Gasteiger partial charge in [-0.3, -0.25) is 15.1 Å². The smallest absolute Gasteiger partial charge is 0.691 e. The normalized spacial score (nSPS) is 11.6. The van der Waals surface area contributed by atoms with Crippen molar-refractivity contribution in [3.63, 3.8) is 0 Å². The molecule has 0 fully saturated rings. The number of nitrogens with one attached hydrogen (secondary N) is 1. The summed E-state index contributed by atoms with van der Waals surface area (Å²) in [4.78, 5) is 14.8. The second-order valence-corrected chi connectivity index (χ2v) is 2.85. The van der Waals surface area contributed by atoms with Gasteiger partial charge in [-0.1, -0.05) is 0 Å². The molecule has 7 nitrogen and oxygen atoms in total. The van der Waals surface area contributed by atoms with Crippen molar-refractivity contribution in [2.45, 2.75) is 11.7 Å². The van der Waals surface area contributed by atoms with Gasteiger partial charge in [0.05, 0.1) is 6.61 Å². The van der Waals surface area contributed by atoms with Crippen LogP contribution in [0.25, 0.3) is 0 Å². The van der Waals surface area contributed by atoms with Crippen LogP contribution in [0.3, 0.4) is 0 Å². The van der Waals surface area contributed by atoms with E-state index in [0.717, 1.165) is 0 Å². The maximum Gasteiger partial charge on any atom is 1.00 e. The Morgan fingerprint density at radius 2 is 2.36 bits per heavy atom. The number of carbonyl (C=O) groups excluding carboxylic acids is 1. The van der Waals surface area contributed by atoms with E-state index in [0.29, 0.717) is 12.0 Å². The third kappa shape index (κ3) is 7.97. The van der Waals surface area contributed by atoms with Crippen molar-refractivity contribution in [2.24, 2.45) is 0 Å². The first-order valence-electron chi connectivity index (χ1n) is 3.36. The van der Waals surface area contributed by atoms with E-state index in [1.54, 1.807) is 0 Å². The fourth-order valence-electron chi connectivity index (χ4n) is 0.607. The number of hydrogen-bond donors (Lipinski definition) is 2. The van der Waals surface area contributed by atoms with Crippen LogP contribution in [0, 0.1) is 0 Å². The van der Waals surface area contributed by atoms with E-state index in [1.807, 2.05) is 0 Å². The van der Waals surface area contributed by atoms with E-state index >= 15 is 0 Å². The van der Waals surface area contributed by atoms with Gasteiger partial charge in [-0.2, -0.15) is 4.33 Å². The van der Waals surface area contributed by atoms with Crippen LogP contribution in [0.5, 0.6) is 0 Å². The summed E-state index contributed by atoms with van der Waals surface area (Å²) in [7, 11) is 1.44. The summed E-state index contributed by atoms with van der Waals surface area (Å²) in [6.07, 6.45) is 0.199. The number of rotatable bonds is 7. The molecule has 0 saturated heterocycles. The number of carbonyl (C=O) groups is 1. The first-order valence-corrected chi connectivity index (χ1v) is 4.16. The average Bonchev–Trinajstić information content (AvgIpc) is 2.17. The van der Waals surface area contributed by atoms with Crippen molar-refractivity contribution < 1.29 is 59.1 Å². The second kappa shape index (κ2) is 11.7. The molecular weight excluding hydrogens is 225 g/mol. The fourth-order valence-corrected chi connectivity index (χ4v) is 1.13. The minimum Gasteiger partial charge on any atom is -0.691 e. The van der Waals surface area contributed by atoms with Gasteiger partial charge in [-0.25, -0.2) is 4.89 Å². The summed E-state index contributed by atoms with van der Waals surface area (Å²) < 4.78 is 3.98. The van der Waals surface area contributed by atoms with Gasteiger partial charge in [0.2, 0.25) is 5.91 Å². The second-order valence-electron chi connectivity index (χ2n) is 1.96. The Labute approximate surface area is 107 Å². The van der Waals surface area contributed by atoms with Crippen molar-refractivity contribution in [2.75, 3.05) is 13.7 Å². The monoisotopic (exact) mass is 235 g/mol. The third-order valence-electron chi connectivity index (χ3n) is 1.19. The predicted molar refractivity (Wildman–Crippen MR) is 40.8 cm³/mol. The van der Waals surface area contributed by atoms with Crippen LogP contribution in [-0.2, 0) is 19.1 Å². The topological polar surface area (TPSA) is 100 Å². The fraction of sp³-hybridized carbons (Fsp3) is 0.800. The largest absolute Gasteiger partial charge is 1.00 e. The minimum absolute atomic E-state index is 0. The molecule has 0 saturated carbocycles. The van der Waals surface area contributed by atoms with E-state index in [9.17, 15) is 10.1 Å². The van der Waals surface area contributed by atoms with Gasteiger partial charge in [0.15, 0.2) is 0 Å². The van der Waals surface area contributed by atoms with E-state index in [-0.39, 0.29) is 48.5 Å². The summed E-state index contributed by atoms with van der Waals surface area (Å²) in [5, 5.41) is 22.2. The summed E-state index contributed by atoms with van der Waals surface area (Å²) in [5.74, 6) is -0.348. The first-order chi connectivity index (χ1) is 6.26. The zero-order valence-corrected chi connectivity index (χ0v) is 10.7. The molecule has 0 rings (SSSR count). The zero-order valence-electron chi connectivity index (χ0n) is 7.89. The van der Waals surface area contributed by atoms with E-state index < -0.39 is 5.25 Å². The van der Waals surface area contributed by atoms with Gasteiger partial charge in [-0.15, -0.1) is 0 Å². The Morgan fingerprint density at radius 3 is 2.79 bits per heavy atom. The van der Waals surface area contributed by atoms with Crippen LogP contribution in [0.1, 0.15) is 6.42 Å². The molecule has 0 spiro atoms. The molecular formula is C5H10NNaO6S. The van der Waals surface area contributed by atoms with E-state index in [1.165, 1.54) is 7.05 Å². The molecule has 1 amide bonds. The maximum absolute atomic E-state index is 11.0. The quantitative estimate of drug-likeness (QED) is 0.200. The first kappa shape index (κ1) is 17.0. The van der Waals surface area contributed by atoms with Crippen LogP contribution in [-0.4, -0.2) is 30.1 Å². The van der Waals surface area contributed by atoms with Crippen LogP contribution >= 0.6 is 12.0 Å². The van der Waals surface area contributed by atoms with Gasteiger partial charge in [0, 0.05) is 19.1 Å². The van der Waals surface area contributed by atoms with E-state index in [2.05, 4.69) is 19.6 Å². The van der Waals surface area contributed by atoms with Gasteiger partial charge < -0.3 is 10.6 Å². The molecule has 0 radical (unpaired) electrons. The predicted octanol–water partition coefficient (Wildman–Crippen LogP) is -4.14. The Kier molecular flexibility index (Phi) is 14.2. The molecule has 0 aromatic heterocycles. The van der Waals surface area contributed by atoms with Crippen molar-refractivity contribution in [3.05, 3.63) is 0 Å². The van der Waals surface area contributed by atoms with Crippen LogP contribution in [0.4, 0.5) is 0 Å². The van der Waals surface area contributed by atoms with Gasteiger partial charge in [0.25, 0.3) is 0 Å². The molecule has 0 aliphatic rings. The van der Waals surface area contributed by atoms with Crippen LogP contribution in [0.15, 0.2) is 0 Å². The summed E-state index contributed by atoms with van der Waals surface area (Å²) in [6, 6.07) is 0. The van der Waals surface area contributed by atoms with E-state index in [4.69, 9.17) is 5.26 Å². The average molecular weight is 235 g/mol. The molecule has 1 atom stereocenters. The van der Waals surface area contributed by atoms with Crippen LogP contribution in [0.2, 0.25) is 0 Å². The molecule has 0 aliphatic carbocycles. The maximum atomic E-state index is 11.0. The molecule has 0 aliphatic heterocycles.